The molecule has 0 amide bonds. The molecule has 0 heterocycles. The summed E-state index contributed by atoms with van der Waals surface area (Å²) in [5, 5.41) is 0. The van der Waals surface area contributed by atoms with Crippen LogP contribution in [0.1, 0.15) is 179 Å². The molecule has 0 radical (unpaired) electrons. The van der Waals surface area contributed by atoms with Crippen molar-refractivity contribution in [3.8, 4) is 0 Å². The molecule has 2 aliphatic rings. The molecule has 0 bridgehead atoms. The Balaban J connectivity index is 0. The second-order valence-corrected chi connectivity index (χ2v) is 17.5. The van der Waals surface area contributed by atoms with Crippen molar-refractivity contribution < 1.29 is 0 Å². The highest BCUT2D eigenvalue weighted by molar-refractivity contribution is 5.33. The van der Waals surface area contributed by atoms with E-state index in [1.165, 1.54) is 51.0 Å². The van der Waals surface area contributed by atoms with E-state index in [9.17, 15) is 0 Å². The highest BCUT2D eigenvalue weighted by Gasteiger charge is 2.57. The molecular formula is C42H80. The molecular weight excluding hydrogens is 504 g/mol. The van der Waals surface area contributed by atoms with Gasteiger partial charge in [0.15, 0.2) is 0 Å². The molecule has 0 saturated heterocycles. The van der Waals surface area contributed by atoms with Gasteiger partial charge in [0.05, 0.1) is 0 Å². The monoisotopic (exact) mass is 585 g/mol. The van der Waals surface area contributed by atoms with Gasteiger partial charge in [0, 0.05) is 0 Å². The van der Waals surface area contributed by atoms with Crippen molar-refractivity contribution >= 4 is 0 Å². The molecule has 42 heavy (non-hydrogen) atoms. The first-order valence-corrected chi connectivity index (χ1v) is 17.1. The molecule has 0 nitrogen and oxygen atoms in total. The molecule has 0 spiro atoms. The molecule has 2 rings (SSSR count). The number of allylic oxidation sites excluding steroid dienone is 8. The summed E-state index contributed by atoms with van der Waals surface area (Å²) in [5.74, 6) is 3.55. The molecule has 4 atom stereocenters. The maximum absolute atomic E-state index is 2.42. The predicted octanol–water partition coefficient (Wildman–Crippen LogP) is 14.8. The lowest BCUT2D eigenvalue weighted by Crippen LogP contribution is -2.57. The summed E-state index contributed by atoms with van der Waals surface area (Å²) in [6.45, 7) is 54.8. The van der Waals surface area contributed by atoms with Crippen LogP contribution in [-0.2, 0) is 0 Å². The summed E-state index contributed by atoms with van der Waals surface area (Å²) < 4.78 is 0. The Morgan fingerprint density at radius 3 is 0.762 bits per heavy atom. The fourth-order valence-electron chi connectivity index (χ4n) is 6.22. The van der Waals surface area contributed by atoms with E-state index in [0.717, 1.165) is 30.1 Å². The molecule has 0 N–H and O–H groups in total. The summed E-state index contributed by atoms with van der Waals surface area (Å²) in [7, 11) is 0. The minimum atomic E-state index is 0.520. The van der Waals surface area contributed by atoms with Crippen molar-refractivity contribution in [3.63, 3.8) is 0 Å². The van der Waals surface area contributed by atoms with Gasteiger partial charge in [-0.2, -0.15) is 0 Å². The van der Waals surface area contributed by atoms with Crippen LogP contribution in [0.3, 0.4) is 0 Å². The van der Waals surface area contributed by atoms with Gasteiger partial charge in [-0.3, -0.25) is 0 Å². The van der Waals surface area contributed by atoms with Crippen LogP contribution in [0.15, 0.2) is 44.6 Å². The lowest BCUT2D eigenvalue weighted by molar-refractivity contribution is -0.148. The molecule has 0 aromatic rings. The number of hydrogen-bond donors (Lipinski definition) is 0. The lowest BCUT2D eigenvalue weighted by Gasteiger charge is -2.63. The van der Waals surface area contributed by atoms with Crippen molar-refractivity contribution in [1.82, 2.24) is 0 Å². The molecule has 248 valence electrons. The van der Waals surface area contributed by atoms with E-state index < -0.39 is 0 Å². The van der Waals surface area contributed by atoms with Crippen LogP contribution in [-0.4, -0.2) is 0 Å². The summed E-state index contributed by atoms with van der Waals surface area (Å²) >= 11 is 0. The average Bonchev–Trinajstić information content (AvgIpc) is 3.00. The van der Waals surface area contributed by atoms with Gasteiger partial charge in [-0.05, 0) is 152 Å². The zero-order chi connectivity index (χ0) is 34.3. The maximum Gasteiger partial charge on any atom is -0.0109 e. The Labute approximate surface area is 268 Å². The van der Waals surface area contributed by atoms with Gasteiger partial charge < -0.3 is 0 Å². The van der Waals surface area contributed by atoms with E-state index in [-0.39, 0.29) is 0 Å². The van der Waals surface area contributed by atoms with Crippen molar-refractivity contribution in [3.05, 3.63) is 44.6 Å². The van der Waals surface area contributed by atoms with Crippen LogP contribution in [0, 0.1) is 45.3 Å². The van der Waals surface area contributed by atoms with Crippen LogP contribution >= 0.6 is 0 Å². The van der Waals surface area contributed by atoms with Crippen LogP contribution in [0.5, 0.6) is 0 Å². The topological polar surface area (TPSA) is 0 Å². The summed E-state index contributed by atoms with van der Waals surface area (Å²) in [4.78, 5) is 0. The van der Waals surface area contributed by atoms with Crippen LogP contribution < -0.4 is 0 Å². The third-order valence-corrected chi connectivity index (χ3v) is 13.8. The first-order valence-electron chi connectivity index (χ1n) is 17.1. The normalized spacial score (nSPS) is 25.4. The quantitative estimate of drug-likeness (QED) is 0.228. The minimum absolute atomic E-state index is 0.520. The van der Waals surface area contributed by atoms with E-state index in [0.29, 0.717) is 21.7 Å². The molecule has 4 unspecified atom stereocenters. The summed E-state index contributed by atoms with van der Waals surface area (Å²) in [5.41, 5.74) is 13.7. The zero-order valence-corrected chi connectivity index (χ0v) is 33.7. The van der Waals surface area contributed by atoms with E-state index in [1.807, 2.05) is 0 Å². The fraction of sp³-hybridized carbons (Fsp3) is 0.810. The Hall–Kier alpha value is -1.04. The van der Waals surface area contributed by atoms with Crippen molar-refractivity contribution in [2.24, 2.45) is 45.3 Å². The van der Waals surface area contributed by atoms with Gasteiger partial charge >= 0.3 is 0 Å². The Kier molecular flexibility index (Phi) is 16.7. The third kappa shape index (κ3) is 10.5. The molecule has 2 aliphatic carbocycles. The molecule has 0 heteroatoms. The van der Waals surface area contributed by atoms with Gasteiger partial charge in [-0.15, -0.1) is 0 Å². The molecule has 0 aliphatic heterocycles. The minimum Gasteiger partial charge on any atom is -0.0772 e. The fourth-order valence-corrected chi connectivity index (χ4v) is 6.22. The largest absolute Gasteiger partial charge is 0.0772 e. The first kappa shape index (κ1) is 43.1. The molecule has 2 fully saturated rings. The summed E-state index contributed by atoms with van der Waals surface area (Å²) in [6.07, 6.45) is 2.55. The van der Waals surface area contributed by atoms with E-state index in [4.69, 9.17) is 0 Å². The van der Waals surface area contributed by atoms with Crippen LogP contribution in [0.4, 0.5) is 0 Å². The molecule has 0 aromatic heterocycles. The molecule has 2 saturated carbocycles. The zero-order valence-electron chi connectivity index (χ0n) is 33.7. The predicted molar refractivity (Wildman–Crippen MR) is 197 cm³/mol. The highest BCUT2D eigenvalue weighted by Crippen LogP contribution is 2.63. The summed E-state index contributed by atoms with van der Waals surface area (Å²) in [6, 6.07) is 0. The van der Waals surface area contributed by atoms with Gasteiger partial charge in [0.2, 0.25) is 0 Å². The average molecular weight is 585 g/mol. The SMILES string of the molecule is CC(C)=C(C)C(C)=C(C)C.CC(C)=C(C)CC(C)=C(C)C.CC1C(C)C(C)(C)C1(C)C.CC1CC(C)C(C)(C)C1(C)C. The van der Waals surface area contributed by atoms with Crippen molar-refractivity contribution in [2.75, 3.05) is 0 Å². The maximum atomic E-state index is 2.42. The Bertz CT molecular complexity index is 899. The second-order valence-electron chi connectivity index (χ2n) is 17.5. The first-order chi connectivity index (χ1) is 18.5. The van der Waals surface area contributed by atoms with Crippen LogP contribution in [0.25, 0.3) is 0 Å². The van der Waals surface area contributed by atoms with Gasteiger partial charge in [-0.1, -0.05) is 117 Å². The van der Waals surface area contributed by atoms with Crippen LogP contribution in [0.2, 0.25) is 0 Å². The lowest BCUT2D eigenvalue weighted by atomic mass is 9.42. The van der Waals surface area contributed by atoms with Crippen molar-refractivity contribution in [2.45, 2.75) is 179 Å². The molecule has 0 aromatic carbocycles. The number of rotatable bonds is 3. The van der Waals surface area contributed by atoms with E-state index in [1.54, 1.807) is 0 Å². The third-order valence-electron chi connectivity index (χ3n) is 13.8. The van der Waals surface area contributed by atoms with Gasteiger partial charge in [-0.25, -0.2) is 0 Å². The number of hydrogen-bond acceptors (Lipinski definition) is 0. The van der Waals surface area contributed by atoms with Gasteiger partial charge in [0.1, 0.15) is 0 Å². The second kappa shape index (κ2) is 16.3. The highest BCUT2D eigenvalue weighted by atomic mass is 14.6. The Morgan fingerprint density at radius 2 is 0.643 bits per heavy atom. The standard InChI is InChI=1S/C11H22.C11H20.C10H20.C10H18/c1-8-7-9(2)11(5,6)10(8,3)4;1-8(2)10(5)7-11(6)9(3)4;1-7-8(2)10(5,6)9(7,3)4;1-7(2)9(5)10(6)8(3)4/h8-9H,7H2,1-6H3;7H2,1-6H3;7-8H,1-6H3;1-6H3. The van der Waals surface area contributed by atoms with Gasteiger partial charge in [0.25, 0.3) is 0 Å². The van der Waals surface area contributed by atoms with E-state index in [2.05, 4.69) is 166 Å². The van der Waals surface area contributed by atoms with Crippen molar-refractivity contribution in [1.29, 1.82) is 0 Å². The Morgan fingerprint density at radius 1 is 0.405 bits per heavy atom. The van der Waals surface area contributed by atoms with E-state index >= 15 is 0 Å². The smallest absolute Gasteiger partial charge is 0.0109 e.